The Morgan fingerprint density at radius 3 is 2.68 bits per heavy atom. The van der Waals surface area contributed by atoms with Gasteiger partial charge in [0.1, 0.15) is 5.65 Å². The summed E-state index contributed by atoms with van der Waals surface area (Å²) in [7, 11) is 2.01. The molecule has 4 nitrogen and oxygen atoms in total. The second kappa shape index (κ2) is 6.33. The molecule has 0 aliphatic carbocycles. The summed E-state index contributed by atoms with van der Waals surface area (Å²) < 4.78 is 2.40. The molecule has 0 spiro atoms. The quantitative estimate of drug-likeness (QED) is 0.522. The summed E-state index contributed by atoms with van der Waals surface area (Å²) in [4.78, 5) is 19.0. The summed E-state index contributed by atoms with van der Waals surface area (Å²) >= 11 is 3.38. The summed E-state index contributed by atoms with van der Waals surface area (Å²) in [5.41, 5.74) is 2.42. The van der Waals surface area contributed by atoms with Crippen molar-refractivity contribution in [2.75, 3.05) is 11.9 Å². The van der Waals surface area contributed by atoms with Gasteiger partial charge in [0.2, 0.25) is 0 Å². The van der Waals surface area contributed by atoms with Gasteiger partial charge in [0.05, 0.1) is 12.2 Å². The van der Waals surface area contributed by atoms with Crippen LogP contribution in [0.25, 0.3) is 16.4 Å². The Morgan fingerprint density at radius 1 is 1.04 bits per heavy atom. The molecular weight excluding hydrogens is 378 g/mol. The van der Waals surface area contributed by atoms with Crippen molar-refractivity contribution >= 4 is 38.0 Å². The van der Waals surface area contributed by atoms with Crippen LogP contribution < -0.4 is 10.5 Å². The normalized spacial score (nSPS) is 11.1. The Hall–Kier alpha value is -2.66. The SMILES string of the molecule is CN(Cc1cc(=O)n2cc(Br)ccc2n1)c1ccc2ccccc2c1. The van der Waals surface area contributed by atoms with E-state index in [1.165, 1.54) is 10.8 Å². The van der Waals surface area contributed by atoms with Crippen molar-refractivity contribution in [3.05, 3.63) is 87.4 Å². The first-order chi connectivity index (χ1) is 12.1. The molecule has 0 aliphatic rings. The minimum absolute atomic E-state index is 0.0757. The fraction of sp³-hybridized carbons (Fsp3) is 0.100. The molecule has 0 bridgehead atoms. The molecule has 0 amide bonds. The minimum Gasteiger partial charge on any atom is -0.369 e. The van der Waals surface area contributed by atoms with Crippen molar-refractivity contribution in [3.63, 3.8) is 0 Å². The van der Waals surface area contributed by atoms with E-state index in [4.69, 9.17) is 0 Å². The molecule has 4 rings (SSSR count). The van der Waals surface area contributed by atoms with Crippen LogP contribution in [0.2, 0.25) is 0 Å². The first-order valence-electron chi connectivity index (χ1n) is 7.98. The van der Waals surface area contributed by atoms with Crippen molar-refractivity contribution in [1.29, 1.82) is 0 Å². The average Bonchev–Trinajstić information content (AvgIpc) is 2.62. The lowest BCUT2D eigenvalue weighted by molar-refractivity contribution is 0.870. The third-order valence-corrected chi connectivity index (χ3v) is 4.72. The molecule has 0 saturated carbocycles. The smallest absolute Gasteiger partial charge is 0.258 e. The number of anilines is 1. The van der Waals surface area contributed by atoms with Crippen LogP contribution in [0.5, 0.6) is 0 Å². The van der Waals surface area contributed by atoms with Crippen molar-refractivity contribution in [3.8, 4) is 0 Å². The highest BCUT2D eigenvalue weighted by atomic mass is 79.9. The molecule has 2 aromatic carbocycles. The van der Waals surface area contributed by atoms with Gasteiger partial charge >= 0.3 is 0 Å². The topological polar surface area (TPSA) is 37.6 Å². The number of nitrogens with zero attached hydrogens (tertiary/aromatic N) is 3. The maximum Gasteiger partial charge on any atom is 0.258 e. The van der Waals surface area contributed by atoms with E-state index in [-0.39, 0.29) is 5.56 Å². The highest BCUT2D eigenvalue weighted by Crippen LogP contribution is 2.22. The van der Waals surface area contributed by atoms with Gasteiger partial charge in [-0.05, 0) is 51.0 Å². The third kappa shape index (κ3) is 3.15. The predicted octanol–water partition coefficient (Wildman–Crippen LogP) is 4.25. The van der Waals surface area contributed by atoms with Gasteiger partial charge in [0.25, 0.3) is 5.56 Å². The Labute approximate surface area is 153 Å². The molecule has 0 aliphatic heterocycles. The van der Waals surface area contributed by atoms with Gasteiger partial charge in [-0.15, -0.1) is 0 Å². The number of rotatable bonds is 3. The Morgan fingerprint density at radius 2 is 1.84 bits per heavy atom. The van der Waals surface area contributed by atoms with E-state index in [2.05, 4.69) is 56.1 Å². The summed E-state index contributed by atoms with van der Waals surface area (Å²) in [5, 5.41) is 2.41. The van der Waals surface area contributed by atoms with Gasteiger partial charge in [0, 0.05) is 29.5 Å². The largest absolute Gasteiger partial charge is 0.369 e. The van der Waals surface area contributed by atoms with Crippen LogP contribution in [-0.2, 0) is 6.54 Å². The lowest BCUT2D eigenvalue weighted by Crippen LogP contribution is -2.21. The average molecular weight is 394 g/mol. The molecule has 0 fully saturated rings. The van der Waals surface area contributed by atoms with E-state index < -0.39 is 0 Å². The van der Waals surface area contributed by atoms with E-state index in [1.807, 2.05) is 31.3 Å². The van der Waals surface area contributed by atoms with Crippen LogP contribution in [0.4, 0.5) is 5.69 Å². The van der Waals surface area contributed by atoms with E-state index in [0.29, 0.717) is 12.2 Å². The van der Waals surface area contributed by atoms with Gasteiger partial charge < -0.3 is 4.90 Å². The standard InChI is InChI=1S/C20H16BrN3O/c1-23(18-8-6-14-4-2-3-5-15(14)10-18)13-17-11-20(25)24-12-16(21)7-9-19(24)22-17/h2-12H,13H2,1H3. The van der Waals surface area contributed by atoms with Crippen molar-refractivity contribution in [1.82, 2.24) is 9.38 Å². The van der Waals surface area contributed by atoms with Gasteiger partial charge in [-0.25, -0.2) is 4.98 Å². The molecule has 0 atom stereocenters. The number of fused-ring (bicyclic) bond motifs is 2. The van der Waals surface area contributed by atoms with Crippen LogP contribution in [-0.4, -0.2) is 16.4 Å². The molecule has 0 radical (unpaired) electrons. The molecule has 5 heteroatoms. The van der Waals surface area contributed by atoms with E-state index >= 15 is 0 Å². The van der Waals surface area contributed by atoms with Crippen LogP contribution in [0.1, 0.15) is 5.69 Å². The van der Waals surface area contributed by atoms with Gasteiger partial charge in [-0.3, -0.25) is 9.20 Å². The third-order valence-electron chi connectivity index (χ3n) is 4.25. The lowest BCUT2D eigenvalue weighted by Gasteiger charge is -2.19. The van der Waals surface area contributed by atoms with Crippen LogP contribution in [0.3, 0.4) is 0 Å². The van der Waals surface area contributed by atoms with Crippen molar-refractivity contribution < 1.29 is 0 Å². The molecule has 0 unspecified atom stereocenters. The highest BCUT2D eigenvalue weighted by Gasteiger charge is 2.07. The second-order valence-electron chi connectivity index (χ2n) is 6.05. The number of pyridine rings is 1. The van der Waals surface area contributed by atoms with E-state index in [1.54, 1.807) is 16.7 Å². The summed E-state index contributed by atoms with van der Waals surface area (Å²) in [5.74, 6) is 0. The van der Waals surface area contributed by atoms with Crippen LogP contribution in [0.15, 0.2) is 76.1 Å². The number of benzene rings is 2. The molecule has 2 heterocycles. The van der Waals surface area contributed by atoms with Crippen LogP contribution in [0, 0.1) is 0 Å². The number of aromatic nitrogens is 2. The Bertz CT molecular complexity index is 1140. The molecule has 25 heavy (non-hydrogen) atoms. The number of hydrogen-bond donors (Lipinski definition) is 0. The van der Waals surface area contributed by atoms with Crippen molar-refractivity contribution in [2.24, 2.45) is 0 Å². The molecule has 0 N–H and O–H groups in total. The van der Waals surface area contributed by atoms with Crippen molar-refractivity contribution in [2.45, 2.75) is 6.54 Å². The lowest BCUT2D eigenvalue weighted by atomic mass is 10.1. The number of hydrogen-bond acceptors (Lipinski definition) is 3. The molecule has 124 valence electrons. The zero-order valence-corrected chi connectivity index (χ0v) is 15.3. The summed E-state index contributed by atoms with van der Waals surface area (Å²) in [6, 6.07) is 20.0. The highest BCUT2D eigenvalue weighted by molar-refractivity contribution is 9.10. The molecule has 0 saturated heterocycles. The maximum absolute atomic E-state index is 12.3. The second-order valence-corrected chi connectivity index (χ2v) is 6.96. The van der Waals surface area contributed by atoms with Gasteiger partial charge in [-0.1, -0.05) is 30.3 Å². The summed E-state index contributed by atoms with van der Waals surface area (Å²) in [6.07, 6.45) is 1.74. The number of halogens is 1. The first-order valence-corrected chi connectivity index (χ1v) is 8.77. The van der Waals surface area contributed by atoms with Crippen LogP contribution >= 0.6 is 15.9 Å². The Kier molecular flexibility index (Phi) is 4.01. The monoisotopic (exact) mass is 393 g/mol. The fourth-order valence-corrected chi connectivity index (χ4v) is 3.29. The van der Waals surface area contributed by atoms with Gasteiger partial charge in [0.15, 0.2) is 0 Å². The molecular formula is C20H16BrN3O. The van der Waals surface area contributed by atoms with E-state index in [0.717, 1.165) is 15.9 Å². The first kappa shape index (κ1) is 15.8. The summed E-state index contributed by atoms with van der Waals surface area (Å²) in [6.45, 7) is 0.570. The minimum atomic E-state index is -0.0757. The maximum atomic E-state index is 12.3. The Balaban J connectivity index is 1.67. The molecule has 4 aromatic rings. The zero-order valence-electron chi connectivity index (χ0n) is 13.7. The van der Waals surface area contributed by atoms with E-state index in [9.17, 15) is 4.79 Å². The van der Waals surface area contributed by atoms with Gasteiger partial charge in [-0.2, -0.15) is 0 Å². The zero-order chi connectivity index (χ0) is 17.4. The molecule has 2 aromatic heterocycles. The fourth-order valence-electron chi connectivity index (χ4n) is 2.96. The predicted molar refractivity (Wildman–Crippen MR) is 105 cm³/mol.